The van der Waals surface area contributed by atoms with Crippen molar-refractivity contribution in [3.05, 3.63) is 12.2 Å². The van der Waals surface area contributed by atoms with Crippen molar-refractivity contribution in [2.45, 2.75) is 100 Å². The fourth-order valence-electron chi connectivity index (χ4n) is 3.95. The van der Waals surface area contributed by atoms with E-state index in [-0.39, 0.29) is 5.60 Å². The predicted molar refractivity (Wildman–Crippen MR) is 100 cm³/mol. The number of hydrogen-bond acceptors (Lipinski definition) is 1. The van der Waals surface area contributed by atoms with Crippen molar-refractivity contribution < 1.29 is 4.74 Å². The smallest absolute Gasteiger partial charge is 0.0782 e. The van der Waals surface area contributed by atoms with Gasteiger partial charge in [0.25, 0.3) is 0 Å². The molecular formula is C19H33IO. The summed E-state index contributed by atoms with van der Waals surface area (Å²) in [5.74, 6) is 0.846. The molecule has 1 saturated heterocycles. The topological polar surface area (TPSA) is 9.23 Å². The Morgan fingerprint density at radius 1 is 1.19 bits per heavy atom. The van der Waals surface area contributed by atoms with Crippen LogP contribution >= 0.6 is 22.6 Å². The molecule has 0 aromatic rings. The van der Waals surface area contributed by atoms with Gasteiger partial charge >= 0.3 is 0 Å². The zero-order valence-electron chi connectivity index (χ0n) is 14.0. The van der Waals surface area contributed by atoms with E-state index in [4.69, 9.17) is 4.74 Å². The van der Waals surface area contributed by atoms with Gasteiger partial charge in [0.05, 0.1) is 11.7 Å². The van der Waals surface area contributed by atoms with E-state index < -0.39 is 0 Å². The molecule has 0 unspecified atom stereocenters. The molecule has 2 fully saturated rings. The molecule has 2 heteroatoms. The normalized spacial score (nSPS) is 34.2. The first-order valence-electron chi connectivity index (χ1n) is 9.12. The summed E-state index contributed by atoms with van der Waals surface area (Å²) in [5, 5.41) is 0. The van der Waals surface area contributed by atoms with E-state index in [1.54, 1.807) is 0 Å². The van der Waals surface area contributed by atoms with Crippen LogP contribution in [0, 0.1) is 5.92 Å². The largest absolute Gasteiger partial charge is 0.371 e. The van der Waals surface area contributed by atoms with Crippen LogP contribution in [0.3, 0.4) is 0 Å². The quantitative estimate of drug-likeness (QED) is 0.196. The Morgan fingerprint density at radius 2 is 2.00 bits per heavy atom. The van der Waals surface area contributed by atoms with Gasteiger partial charge in [0.2, 0.25) is 0 Å². The second kappa shape index (κ2) is 8.90. The summed E-state index contributed by atoms with van der Waals surface area (Å²) in [5.41, 5.74) is 0.118. The van der Waals surface area contributed by atoms with Gasteiger partial charge in [0.1, 0.15) is 0 Å². The van der Waals surface area contributed by atoms with Crippen molar-refractivity contribution in [3.8, 4) is 0 Å². The molecule has 0 amide bonds. The third-order valence-electron chi connectivity index (χ3n) is 5.32. The lowest BCUT2D eigenvalue weighted by Gasteiger charge is -2.30. The highest BCUT2D eigenvalue weighted by Crippen LogP contribution is 2.46. The number of alkyl halides is 1. The molecule has 2 aliphatic rings. The van der Waals surface area contributed by atoms with E-state index in [2.05, 4.69) is 48.6 Å². The number of hydrogen-bond donors (Lipinski definition) is 0. The maximum Gasteiger partial charge on any atom is 0.0782 e. The van der Waals surface area contributed by atoms with Gasteiger partial charge in [-0.15, -0.1) is 0 Å². The second-order valence-electron chi connectivity index (χ2n) is 7.24. The lowest BCUT2D eigenvalue weighted by molar-refractivity contribution is -0.0393. The van der Waals surface area contributed by atoms with Crippen molar-refractivity contribution in [2.75, 3.05) is 0 Å². The molecule has 1 heterocycles. The molecule has 4 atom stereocenters. The molecule has 0 aromatic heterocycles. The van der Waals surface area contributed by atoms with Crippen molar-refractivity contribution in [1.29, 1.82) is 0 Å². The number of halogens is 1. The van der Waals surface area contributed by atoms with E-state index >= 15 is 0 Å². The minimum atomic E-state index is 0.118. The van der Waals surface area contributed by atoms with Crippen LogP contribution in [0.25, 0.3) is 0 Å². The highest BCUT2D eigenvalue weighted by Gasteiger charge is 2.47. The van der Waals surface area contributed by atoms with Gasteiger partial charge < -0.3 is 4.74 Å². The van der Waals surface area contributed by atoms with Crippen LogP contribution in [0.4, 0.5) is 0 Å². The van der Waals surface area contributed by atoms with Gasteiger partial charge in [0, 0.05) is 3.92 Å². The fourth-order valence-corrected chi connectivity index (χ4v) is 4.65. The van der Waals surface area contributed by atoms with Crippen molar-refractivity contribution in [2.24, 2.45) is 5.92 Å². The molecule has 0 N–H and O–H groups in total. The number of unbranched alkanes of at least 4 members (excludes halogenated alkanes) is 4. The number of ether oxygens (including phenoxy) is 1. The highest BCUT2D eigenvalue weighted by atomic mass is 127. The predicted octanol–water partition coefficient (Wildman–Crippen LogP) is 6.44. The van der Waals surface area contributed by atoms with Gasteiger partial charge in [-0.25, -0.2) is 0 Å². The molecule has 122 valence electrons. The Labute approximate surface area is 145 Å². The molecule has 0 aromatic carbocycles. The summed E-state index contributed by atoms with van der Waals surface area (Å²) in [7, 11) is 0. The monoisotopic (exact) mass is 404 g/mol. The summed E-state index contributed by atoms with van der Waals surface area (Å²) in [4.78, 5) is 0. The molecule has 0 bridgehead atoms. The first-order chi connectivity index (χ1) is 10.2. The summed E-state index contributed by atoms with van der Waals surface area (Å²) < 4.78 is 7.10. The fraction of sp³-hybridized carbons (Fsp3) is 0.895. The number of allylic oxidation sites excluding steroid dienone is 2. The lowest BCUT2D eigenvalue weighted by atomic mass is 9.82. The minimum Gasteiger partial charge on any atom is -0.371 e. The maximum absolute atomic E-state index is 6.48. The van der Waals surface area contributed by atoms with E-state index in [0.717, 1.165) is 5.92 Å². The van der Waals surface area contributed by atoms with Crippen LogP contribution in [0.2, 0.25) is 0 Å². The van der Waals surface area contributed by atoms with Gasteiger partial charge in [-0.1, -0.05) is 73.8 Å². The van der Waals surface area contributed by atoms with E-state index in [1.165, 1.54) is 70.6 Å². The average molecular weight is 404 g/mol. The molecule has 0 radical (unpaired) electrons. The summed E-state index contributed by atoms with van der Waals surface area (Å²) in [6.07, 6.45) is 20.0. The third-order valence-corrected chi connectivity index (χ3v) is 7.15. The average Bonchev–Trinajstić information content (AvgIpc) is 2.83. The van der Waals surface area contributed by atoms with Crippen LogP contribution in [-0.4, -0.2) is 15.6 Å². The maximum atomic E-state index is 6.48. The van der Waals surface area contributed by atoms with Gasteiger partial charge in [-0.3, -0.25) is 0 Å². The summed E-state index contributed by atoms with van der Waals surface area (Å²) in [6, 6.07) is 0. The second-order valence-corrected chi connectivity index (χ2v) is 8.75. The highest BCUT2D eigenvalue weighted by molar-refractivity contribution is 14.1. The Kier molecular flexibility index (Phi) is 7.54. The van der Waals surface area contributed by atoms with Gasteiger partial charge in [-0.2, -0.15) is 0 Å². The molecular weight excluding hydrogens is 371 g/mol. The molecule has 1 aliphatic carbocycles. The number of fused-ring (bicyclic) bond motifs is 1. The Hall–Kier alpha value is 0.430. The SMILES string of the molecule is CCCCCC/C=C/C[C@H](I)[C@]1(C)C[C@H]2CCCC[C@@H]2O1. The summed E-state index contributed by atoms with van der Waals surface area (Å²) >= 11 is 2.63. The molecule has 1 nitrogen and oxygen atoms in total. The van der Waals surface area contributed by atoms with E-state index in [9.17, 15) is 0 Å². The molecule has 1 saturated carbocycles. The van der Waals surface area contributed by atoms with Crippen LogP contribution < -0.4 is 0 Å². The number of rotatable bonds is 8. The Balaban J connectivity index is 1.70. The Morgan fingerprint density at radius 3 is 2.76 bits per heavy atom. The van der Waals surface area contributed by atoms with Crippen LogP contribution in [-0.2, 0) is 4.74 Å². The van der Waals surface area contributed by atoms with Crippen LogP contribution in [0.5, 0.6) is 0 Å². The van der Waals surface area contributed by atoms with Crippen LogP contribution in [0.1, 0.15) is 84.5 Å². The first-order valence-corrected chi connectivity index (χ1v) is 10.4. The zero-order chi connectivity index (χ0) is 15.1. The summed E-state index contributed by atoms with van der Waals surface area (Å²) in [6.45, 7) is 4.63. The Bertz CT molecular complexity index is 312. The van der Waals surface area contributed by atoms with Gasteiger partial charge in [0.15, 0.2) is 0 Å². The van der Waals surface area contributed by atoms with Crippen molar-refractivity contribution in [3.63, 3.8) is 0 Å². The zero-order valence-corrected chi connectivity index (χ0v) is 16.1. The van der Waals surface area contributed by atoms with Crippen molar-refractivity contribution >= 4 is 22.6 Å². The molecule has 21 heavy (non-hydrogen) atoms. The van der Waals surface area contributed by atoms with Gasteiger partial charge in [-0.05, 0) is 51.4 Å². The van der Waals surface area contributed by atoms with E-state index in [1.807, 2.05) is 0 Å². The minimum absolute atomic E-state index is 0.118. The standard InChI is InChI=1S/C19H33IO/c1-3-4-5-6-7-8-9-14-18(20)19(2)15-16-12-10-11-13-17(16)21-19/h8-9,16-18H,3-7,10-15H2,1-2H3/b9-8+/t16-,17+,18+,19+/m1/s1. The molecule has 0 spiro atoms. The first kappa shape index (κ1) is 17.8. The molecule has 2 rings (SSSR count). The molecule has 1 aliphatic heterocycles. The lowest BCUT2D eigenvalue weighted by Crippen LogP contribution is -2.35. The van der Waals surface area contributed by atoms with E-state index in [0.29, 0.717) is 10.0 Å². The van der Waals surface area contributed by atoms with Crippen molar-refractivity contribution in [1.82, 2.24) is 0 Å². The van der Waals surface area contributed by atoms with Crippen LogP contribution in [0.15, 0.2) is 12.2 Å². The third kappa shape index (κ3) is 5.23.